The molecule has 0 amide bonds. The van der Waals surface area contributed by atoms with Gasteiger partial charge in [-0.2, -0.15) is 0 Å². The van der Waals surface area contributed by atoms with Crippen LogP contribution in [-0.2, 0) is 5.41 Å². The fourth-order valence-corrected chi connectivity index (χ4v) is 0.836. The van der Waals surface area contributed by atoms with E-state index in [9.17, 15) is 0 Å². The maximum Gasteiger partial charge on any atom is 0.0523 e. The first-order valence-corrected chi connectivity index (χ1v) is 3.41. The van der Waals surface area contributed by atoms with Gasteiger partial charge in [0.1, 0.15) is 0 Å². The van der Waals surface area contributed by atoms with Crippen molar-refractivity contribution in [3.63, 3.8) is 0 Å². The Morgan fingerprint density at radius 2 is 2.30 bits per heavy atom. The lowest BCUT2D eigenvalue weighted by atomic mass is 9.88. The molecule has 0 saturated heterocycles. The van der Waals surface area contributed by atoms with Crippen molar-refractivity contribution < 1.29 is 5.11 Å². The van der Waals surface area contributed by atoms with Crippen LogP contribution in [0.1, 0.15) is 19.4 Å². The highest BCUT2D eigenvalue weighted by atomic mass is 16.3. The average Bonchev–Trinajstić information content (AvgIpc) is 2.38. The van der Waals surface area contributed by atoms with Crippen LogP contribution in [0.2, 0.25) is 0 Å². The van der Waals surface area contributed by atoms with Crippen molar-refractivity contribution >= 4 is 0 Å². The van der Waals surface area contributed by atoms with Crippen molar-refractivity contribution in [2.45, 2.75) is 19.3 Å². The molecule has 0 atom stereocenters. The second kappa shape index (κ2) is 2.46. The molecule has 1 rings (SSSR count). The van der Waals surface area contributed by atoms with E-state index in [0.29, 0.717) is 0 Å². The van der Waals surface area contributed by atoms with Gasteiger partial charge in [0.05, 0.1) is 6.61 Å². The van der Waals surface area contributed by atoms with E-state index in [1.165, 1.54) is 0 Å². The van der Waals surface area contributed by atoms with Gasteiger partial charge in [-0.05, 0) is 11.6 Å². The standard InChI is InChI=1S/C8H13NO/c1-8(2,6-10)7-3-4-9-5-7/h3-5,9-10H,6H2,1-2H3. The normalized spacial score (nSPS) is 11.9. The summed E-state index contributed by atoms with van der Waals surface area (Å²) in [5, 5.41) is 8.95. The lowest BCUT2D eigenvalue weighted by Crippen LogP contribution is -2.20. The molecular weight excluding hydrogens is 126 g/mol. The minimum Gasteiger partial charge on any atom is -0.395 e. The summed E-state index contributed by atoms with van der Waals surface area (Å²) in [6.45, 7) is 4.21. The van der Waals surface area contributed by atoms with E-state index in [1.807, 2.05) is 32.3 Å². The molecule has 0 aromatic carbocycles. The van der Waals surface area contributed by atoms with Crippen LogP contribution in [-0.4, -0.2) is 16.7 Å². The predicted molar refractivity (Wildman–Crippen MR) is 40.9 cm³/mol. The van der Waals surface area contributed by atoms with Gasteiger partial charge in [-0.3, -0.25) is 0 Å². The van der Waals surface area contributed by atoms with Gasteiger partial charge in [0.15, 0.2) is 0 Å². The third-order valence-electron chi connectivity index (χ3n) is 1.77. The third-order valence-corrected chi connectivity index (χ3v) is 1.77. The van der Waals surface area contributed by atoms with Crippen molar-refractivity contribution in [3.8, 4) is 0 Å². The lowest BCUT2D eigenvalue weighted by Gasteiger charge is -2.19. The number of hydrogen-bond acceptors (Lipinski definition) is 1. The summed E-state index contributed by atoms with van der Waals surface area (Å²) in [6.07, 6.45) is 3.78. The van der Waals surface area contributed by atoms with Gasteiger partial charge in [-0.1, -0.05) is 13.8 Å². The number of aromatic nitrogens is 1. The van der Waals surface area contributed by atoms with Crippen LogP contribution in [0, 0.1) is 0 Å². The number of H-pyrrole nitrogens is 1. The van der Waals surface area contributed by atoms with Gasteiger partial charge in [0.25, 0.3) is 0 Å². The molecule has 56 valence electrons. The minimum absolute atomic E-state index is 0.111. The number of hydrogen-bond donors (Lipinski definition) is 2. The van der Waals surface area contributed by atoms with Crippen LogP contribution in [0.15, 0.2) is 18.5 Å². The lowest BCUT2D eigenvalue weighted by molar-refractivity contribution is 0.218. The third kappa shape index (κ3) is 1.21. The zero-order valence-corrected chi connectivity index (χ0v) is 6.39. The number of rotatable bonds is 2. The summed E-state index contributed by atoms with van der Waals surface area (Å²) in [6, 6.07) is 1.98. The summed E-state index contributed by atoms with van der Waals surface area (Å²) >= 11 is 0. The number of aliphatic hydroxyl groups excluding tert-OH is 1. The molecule has 2 heteroatoms. The van der Waals surface area contributed by atoms with Crippen LogP contribution < -0.4 is 0 Å². The number of aromatic amines is 1. The van der Waals surface area contributed by atoms with Crippen molar-refractivity contribution in [1.82, 2.24) is 4.98 Å². The number of nitrogens with one attached hydrogen (secondary N) is 1. The van der Waals surface area contributed by atoms with E-state index >= 15 is 0 Å². The molecular formula is C8H13NO. The first-order chi connectivity index (χ1) is 4.67. The zero-order valence-electron chi connectivity index (χ0n) is 6.39. The molecule has 2 nitrogen and oxygen atoms in total. The molecule has 2 N–H and O–H groups in total. The topological polar surface area (TPSA) is 36.0 Å². The molecule has 0 saturated carbocycles. The van der Waals surface area contributed by atoms with E-state index in [2.05, 4.69) is 4.98 Å². The van der Waals surface area contributed by atoms with Crippen LogP contribution >= 0.6 is 0 Å². The fourth-order valence-electron chi connectivity index (χ4n) is 0.836. The SMILES string of the molecule is CC(C)(CO)c1cc[nH]c1. The molecule has 1 aromatic rings. The maximum absolute atomic E-state index is 8.95. The first-order valence-electron chi connectivity index (χ1n) is 3.41. The van der Waals surface area contributed by atoms with Gasteiger partial charge in [-0.15, -0.1) is 0 Å². The quantitative estimate of drug-likeness (QED) is 0.636. The molecule has 1 heterocycles. The van der Waals surface area contributed by atoms with Crippen molar-refractivity contribution in [2.75, 3.05) is 6.61 Å². The van der Waals surface area contributed by atoms with Crippen molar-refractivity contribution in [1.29, 1.82) is 0 Å². The Labute approximate surface area is 60.9 Å². The maximum atomic E-state index is 8.95. The van der Waals surface area contributed by atoms with Gasteiger partial charge < -0.3 is 10.1 Å². The van der Waals surface area contributed by atoms with E-state index in [1.54, 1.807) is 0 Å². The summed E-state index contributed by atoms with van der Waals surface area (Å²) in [5.74, 6) is 0. The zero-order chi connectivity index (χ0) is 7.61. The Hall–Kier alpha value is -0.760. The Kier molecular flexibility index (Phi) is 1.81. The summed E-state index contributed by atoms with van der Waals surface area (Å²) < 4.78 is 0. The predicted octanol–water partition coefficient (Wildman–Crippen LogP) is 1.28. The molecule has 0 unspecified atom stereocenters. The Balaban J connectivity index is 2.85. The van der Waals surface area contributed by atoms with Gasteiger partial charge in [0.2, 0.25) is 0 Å². The van der Waals surface area contributed by atoms with Crippen LogP contribution in [0.3, 0.4) is 0 Å². The summed E-state index contributed by atoms with van der Waals surface area (Å²) in [7, 11) is 0. The van der Waals surface area contributed by atoms with Crippen LogP contribution in [0.5, 0.6) is 0 Å². The molecule has 0 radical (unpaired) electrons. The minimum atomic E-state index is -0.111. The molecule has 0 bridgehead atoms. The van der Waals surface area contributed by atoms with E-state index in [4.69, 9.17) is 5.11 Å². The Morgan fingerprint density at radius 3 is 2.70 bits per heavy atom. The summed E-state index contributed by atoms with van der Waals surface area (Å²) in [4.78, 5) is 2.96. The highest BCUT2D eigenvalue weighted by molar-refractivity contribution is 5.19. The smallest absolute Gasteiger partial charge is 0.0523 e. The van der Waals surface area contributed by atoms with Crippen LogP contribution in [0.25, 0.3) is 0 Å². The molecule has 0 aliphatic rings. The van der Waals surface area contributed by atoms with Crippen molar-refractivity contribution in [3.05, 3.63) is 24.0 Å². The Bertz CT molecular complexity index is 189. The highest BCUT2D eigenvalue weighted by Crippen LogP contribution is 2.20. The van der Waals surface area contributed by atoms with E-state index in [-0.39, 0.29) is 12.0 Å². The van der Waals surface area contributed by atoms with Gasteiger partial charge in [-0.25, -0.2) is 0 Å². The second-order valence-electron chi connectivity index (χ2n) is 3.14. The van der Waals surface area contributed by atoms with Crippen LogP contribution in [0.4, 0.5) is 0 Å². The van der Waals surface area contributed by atoms with Gasteiger partial charge >= 0.3 is 0 Å². The fraction of sp³-hybridized carbons (Fsp3) is 0.500. The van der Waals surface area contributed by atoms with Gasteiger partial charge in [0, 0.05) is 17.8 Å². The monoisotopic (exact) mass is 139 g/mol. The average molecular weight is 139 g/mol. The largest absolute Gasteiger partial charge is 0.395 e. The Morgan fingerprint density at radius 1 is 1.60 bits per heavy atom. The first kappa shape index (κ1) is 7.35. The molecule has 0 spiro atoms. The highest BCUT2D eigenvalue weighted by Gasteiger charge is 2.18. The van der Waals surface area contributed by atoms with E-state index in [0.717, 1.165) is 5.56 Å². The number of aliphatic hydroxyl groups is 1. The summed E-state index contributed by atoms with van der Waals surface area (Å²) in [5.41, 5.74) is 1.04. The molecule has 0 aliphatic carbocycles. The molecule has 10 heavy (non-hydrogen) atoms. The van der Waals surface area contributed by atoms with Crippen molar-refractivity contribution in [2.24, 2.45) is 0 Å². The molecule has 0 aliphatic heterocycles. The van der Waals surface area contributed by atoms with E-state index < -0.39 is 0 Å². The molecule has 0 fully saturated rings. The second-order valence-corrected chi connectivity index (χ2v) is 3.14. The molecule has 1 aromatic heterocycles.